The Balaban J connectivity index is 2.41. The summed E-state index contributed by atoms with van der Waals surface area (Å²) in [4.78, 5) is 3.58. The van der Waals surface area contributed by atoms with Gasteiger partial charge in [0.05, 0.1) is 5.56 Å². The first kappa shape index (κ1) is 15.9. The van der Waals surface area contributed by atoms with Crippen molar-refractivity contribution in [3.63, 3.8) is 0 Å². The molecule has 0 spiro atoms. The molecule has 2 rings (SSSR count). The predicted octanol–water partition coefficient (Wildman–Crippen LogP) is 4.25. The van der Waals surface area contributed by atoms with Gasteiger partial charge in [-0.05, 0) is 23.8 Å². The van der Waals surface area contributed by atoms with Crippen molar-refractivity contribution in [3.8, 4) is 16.9 Å². The number of halogens is 6. The summed E-state index contributed by atoms with van der Waals surface area (Å²) in [5.41, 5.74) is 3.96. The molecule has 0 aliphatic carbocycles. The van der Waals surface area contributed by atoms with Gasteiger partial charge in [-0.3, -0.25) is 0 Å². The molecule has 2 N–H and O–H groups in total. The fourth-order valence-electron chi connectivity index (χ4n) is 1.77. The Morgan fingerprint density at radius 1 is 0.955 bits per heavy atom. The Morgan fingerprint density at radius 2 is 1.55 bits per heavy atom. The molecule has 0 saturated heterocycles. The molecule has 3 nitrogen and oxygen atoms in total. The van der Waals surface area contributed by atoms with Crippen molar-refractivity contribution in [2.45, 2.75) is 12.5 Å². The van der Waals surface area contributed by atoms with Crippen molar-refractivity contribution < 1.29 is 31.1 Å². The summed E-state index contributed by atoms with van der Waals surface area (Å²) in [6.45, 7) is 0. The van der Waals surface area contributed by atoms with Crippen LogP contribution in [0.5, 0.6) is 5.75 Å². The molecule has 1 heterocycles. The van der Waals surface area contributed by atoms with E-state index in [9.17, 15) is 26.3 Å². The molecule has 1 aromatic heterocycles. The number of hydrogen-bond donors (Lipinski definition) is 1. The van der Waals surface area contributed by atoms with Gasteiger partial charge in [-0.2, -0.15) is 13.2 Å². The van der Waals surface area contributed by atoms with Crippen LogP contribution in [0.3, 0.4) is 0 Å². The van der Waals surface area contributed by atoms with Crippen LogP contribution in [0.15, 0.2) is 36.5 Å². The molecule has 0 fully saturated rings. The number of benzene rings is 1. The molecule has 22 heavy (non-hydrogen) atoms. The highest BCUT2D eigenvalue weighted by molar-refractivity contribution is 5.69. The van der Waals surface area contributed by atoms with Crippen LogP contribution in [0.1, 0.15) is 5.56 Å². The smallest absolute Gasteiger partial charge is 0.406 e. The highest BCUT2D eigenvalue weighted by Gasteiger charge is 2.34. The van der Waals surface area contributed by atoms with E-state index in [1.54, 1.807) is 0 Å². The number of hydrogen-bond acceptors (Lipinski definition) is 3. The third-order valence-electron chi connectivity index (χ3n) is 2.63. The lowest BCUT2D eigenvalue weighted by molar-refractivity contribution is -0.274. The second kappa shape index (κ2) is 5.39. The summed E-state index contributed by atoms with van der Waals surface area (Å²) in [5, 5.41) is 0. The minimum Gasteiger partial charge on any atom is -0.406 e. The van der Waals surface area contributed by atoms with E-state index < -0.39 is 23.9 Å². The lowest BCUT2D eigenvalue weighted by atomic mass is 10.0. The summed E-state index contributed by atoms with van der Waals surface area (Å²) in [6, 6.07) is 4.64. The second-order valence-electron chi connectivity index (χ2n) is 4.22. The Labute approximate surface area is 120 Å². The van der Waals surface area contributed by atoms with Gasteiger partial charge < -0.3 is 10.5 Å². The molecule has 2 aromatic rings. The van der Waals surface area contributed by atoms with Crippen LogP contribution < -0.4 is 10.5 Å². The van der Waals surface area contributed by atoms with Crippen molar-refractivity contribution >= 4 is 5.82 Å². The first-order valence-electron chi connectivity index (χ1n) is 5.75. The van der Waals surface area contributed by atoms with Gasteiger partial charge >= 0.3 is 12.5 Å². The van der Waals surface area contributed by atoms with Crippen LogP contribution in [0.25, 0.3) is 11.1 Å². The van der Waals surface area contributed by atoms with E-state index in [-0.39, 0.29) is 16.9 Å². The van der Waals surface area contributed by atoms with Gasteiger partial charge in [0.25, 0.3) is 0 Å². The normalized spacial score (nSPS) is 12.3. The van der Waals surface area contributed by atoms with E-state index >= 15 is 0 Å². The Hall–Kier alpha value is -2.45. The highest BCUT2D eigenvalue weighted by atomic mass is 19.4. The first-order chi connectivity index (χ1) is 10.1. The van der Waals surface area contributed by atoms with E-state index in [4.69, 9.17) is 5.73 Å². The van der Waals surface area contributed by atoms with Gasteiger partial charge in [0.15, 0.2) is 0 Å². The fourth-order valence-corrected chi connectivity index (χ4v) is 1.77. The van der Waals surface area contributed by atoms with E-state index in [0.29, 0.717) is 6.07 Å². The first-order valence-corrected chi connectivity index (χ1v) is 5.75. The van der Waals surface area contributed by atoms with Gasteiger partial charge in [-0.15, -0.1) is 13.2 Å². The number of pyridine rings is 1. The van der Waals surface area contributed by atoms with Crippen molar-refractivity contribution in [1.82, 2.24) is 4.98 Å². The minimum atomic E-state index is -4.87. The molecule has 0 radical (unpaired) electrons. The quantitative estimate of drug-likeness (QED) is 0.841. The molecule has 0 aliphatic rings. The molecule has 118 valence electrons. The number of ether oxygens (including phenoxy) is 1. The zero-order valence-corrected chi connectivity index (χ0v) is 10.7. The molecule has 1 aromatic carbocycles. The summed E-state index contributed by atoms with van der Waals surface area (Å²) in [5.74, 6) is -0.846. The van der Waals surface area contributed by atoms with Crippen LogP contribution in [0.2, 0.25) is 0 Å². The number of nitrogens with zero attached hydrogens (tertiary/aromatic N) is 1. The molecule has 0 amide bonds. The summed E-state index contributed by atoms with van der Waals surface area (Å²) in [7, 11) is 0. The average molecular weight is 322 g/mol. The molecular formula is C13H8F6N2O. The van der Waals surface area contributed by atoms with E-state index in [1.807, 2.05) is 0 Å². The Bertz CT molecular complexity index is 664. The topological polar surface area (TPSA) is 48.1 Å². The Morgan fingerprint density at radius 3 is 2.05 bits per heavy atom. The molecule has 0 unspecified atom stereocenters. The lowest BCUT2D eigenvalue weighted by Crippen LogP contribution is -2.17. The monoisotopic (exact) mass is 322 g/mol. The highest BCUT2D eigenvalue weighted by Crippen LogP contribution is 2.38. The average Bonchev–Trinajstić information content (AvgIpc) is 2.37. The van der Waals surface area contributed by atoms with Crippen LogP contribution >= 0.6 is 0 Å². The maximum atomic E-state index is 13.0. The molecule has 9 heteroatoms. The minimum absolute atomic E-state index is 0.0364. The summed E-state index contributed by atoms with van der Waals surface area (Å²) in [6.07, 6.45) is -8.63. The van der Waals surface area contributed by atoms with Gasteiger partial charge in [0.2, 0.25) is 0 Å². The van der Waals surface area contributed by atoms with E-state index in [1.165, 1.54) is 0 Å². The molecular weight excluding hydrogens is 314 g/mol. The van der Waals surface area contributed by atoms with Gasteiger partial charge in [0, 0.05) is 11.8 Å². The van der Waals surface area contributed by atoms with Crippen LogP contribution in [-0.2, 0) is 6.18 Å². The molecule has 0 saturated carbocycles. The molecule has 0 atom stereocenters. The second-order valence-corrected chi connectivity index (χ2v) is 4.22. The maximum absolute atomic E-state index is 13.0. The summed E-state index contributed by atoms with van der Waals surface area (Å²) < 4.78 is 78.6. The number of aromatic nitrogens is 1. The van der Waals surface area contributed by atoms with Crippen molar-refractivity contribution in [2.75, 3.05) is 5.73 Å². The van der Waals surface area contributed by atoms with Crippen LogP contribution in [0, 0.1) is 0 Å². The zero-order valence-electron chi connectivity index (χ0n) is 10.7. The number of nitrogen functional groups attached to an aromatic ring is 1. The van der Waals surface area contributed by atoms with Gasteiger partial charge in [0.1, 0.15) is 11.6 Å². The lowest BCUT2D eigenvalue weighted by Gasteiger charge is -2.14. The van der Waals surface area contributed by atoms with E-state index in [0.717, 1.165) is 30.5 Å². The van der Waals surface area contributed by atoms with Gasteiger partial charge in [-0.1, -0.05) is 12.1 Å². The molecule has 0 bridgehead atoms. The number of nitrogens with two attached hydrogens (primary N) is 1. The van der Waals surface area contributed by atoms with E-state index in [2.05, 4.69) is 9.72 Å². The largest absolute Gasteiger partial charge is 0.573 e. The van der Waals surface area contributed by atoms with Crippen molar-refractivity contribution in [3.05, 3.63) is 42.1 Å². The van der Waals surface area contributed by atoms with Gasteiger partial charge in [-0.25, -0.2) is 4.98 Å². The number of alkyl halides is 6. The maximum Gasteiger partial charge on any atom is 0.573 e. The standard InChI is InChI=1S/C13H8F6N2O/c14-12(15,16)10-5-11(20)21-6-9(10)7-1-3-8(4-2-7)22-13(17,18)19/h1-6H,(H2,20,21). The van der Waals surface area contributed by atoms with Crippen LogP contribution in [-0.4, -0.2) is 11.3 Å². The zero-order chi connectivity index (χ0) is 16.5. The molecule has 0 aliphatic heterocycles. The predicted molar refractivity (Wildman–Crippen MR) is 65.8 cm³/mol. The SMILES string of the molecule is Nc1cc(C(F)(F)F)c(-c2ccc(OC(F)(F)F)cc2)cn1. The van der Waals surface area contributed by atoms with Crippen molar-refractivity contribution in [2.24, 2.45) is 0 Å². The number of anilines is 1. The number of rotatable bonds is 2. The summed E-state index contributed by atoms with van der Waals surface area (Å²) >= 11 is 0. The third kappa shape index (κ3) is 3.80. The van der Waals surface area contributed by atoms with Crippen LogP contribution in [0.4, 0.5) is 32.2 Å². The third-order valence-corrected chi connectivity index (χ3v) is 2.63. The Kier molecular flexibility index (Phi) is 3.90. The fraction of sp³-hybridized carbons (Fsp3) is 0.154. The van der Waals surface area contributed by atoms with Crippen molar-refractivity contribution in [1.29, 1.82) is 0 Å².